The Morgan fingerprint density at radius 3 is 2.74 bits per heavy atom. The van der Waals surface area contributed by atoms with Crippen LogP contribution in [0.3, 0.4) is 0 Å². The number of aryl methyl sites for hydroxylation is 1. The van der Waals surface area contributed by atoms with Gasteiger partial charge >= 0.3 is 0 Å². The minimum absolute atomic E-state index is 0. The predicted molar refractivity (Wildman–Crippen MR) is 113 cm³/mol. The van der Waals surface area contributed by atoms with E-state index in [-0.39, 0.29) is 36.1 Å². The minimum Gasteiger partial charge on any atom is -0.441 e. The Balaban J connectivity index is 0.00000182. The van der Waals surface area contributed by atoms with Gasteiger partial charge in [0.15, 0.2) is 11.7 Å². The summed E-state index contributed by atoms with van der Waals surface area (Å²) in [6.45, 7) is 4.21. The Kier molecular flexibility index (Phi) is 8.90. The second-order valence-electron chi connectivity index (χ2n) is 6.82. The van der Waals surface area contributed by atoms with Gasteiger partial charge in [-0.1, -0.05) is 30.1 Å². The number of rotatable bonds is 5. The summed E-state index contributed by atoms with van der Waals surface area (Å²) in [6, 6.07) is 5.19. The third-order valence-corrected chi connectivity index (χ3v) is 5.25. The molecule has 9 heteroatoms. The van der Waals surface area contributed by atoms with Crippen LogP contribution in [0.25, 0.3) is 11.3 Å². The number of nitrogens with two attached hydrogens (primary N) is 1. The number of likely N-dealkylation sites (tertiary alicyclic amines) is 1. The second-order valence-corrected chi connectivity index (χ2v) is 7.67. The maximum Gasteiger partial charge on any atom is 0.223 e. The number of carbonyl (C=O) groups excluding carboxylic acids is 1. The first-order valence-corrected chi connectivity index (χ1v) is 9.04. The lowest BCUT2D eigenvalue weighted by Gasteiger charge is -2.22. The number of aromatic nitrogens is 1. The van der Waals surface area contributed by atoms with Crippen molar-refractivity contribution in [3.8, 4) is 11.3 Å². The van der Waals surface area contributed by atoms with Crippen LogP contribution in [0.4, 0.5) is 0 Å². The number of oxazole rings is 1. The largest absolute Gasteiger partial charge is 0.441 e. The van der Waals surface area contributed by atoms with E-state index in [0.717, 1.165) is 25.1 Å². The molecule has 0 aliphatic carbocycles. The van der Waals surface area contributed by atoms with E-state index in [4.69, 9.17) is 33.4 Å². The topological polar surface area (TPSA) is 72.4 Å². The van der Waals surface area contributed by atoms with Crippen molar-refractivity contribution in [2.24, 2.45) is 11.1 Å². The Morgan fingerprint density at radius 1 is 1.37 bits per heavy atom. The predicted octanol–water partition coefficient (Wildman–Crippen LogP) is 4.62. The maximum atomic E-state index is 12.4. The quantitative estimate of drug-likeness (QED) is 0.715. The van der Waals surface area contributed by atoms with Gasteiger partial charge in [-0.3, -0.25) is 4.79 Å². The van der Waals surface area contributed by atoms with E-state index in [1.165, 1.54) is 0 Å². The fourth-order valence-electron chi connectivity index (χ4n) is 3.01. The fraction of sp³-hybridized carbons (Fsp3) is 0.444. The first-order chi connectivity index (χ1) is 11.9. The number of halogens is 4. The van der Waals surface area contributed by atoms with Crippen molar-refractivity contribution in [3.05, 3.63) is 40.3 Å². The zero-order valence-corrected chi connectivity index (χ0v) is 18.1. The third-order valence-electron chi connectivity index (χ3n) is 4.71. The Labute approximate surface area is 181 Å². The molecule has 5 nitrogen and oxygen atoms in total. The van der Waals surface area contributed by atoms with Crippen molar-refractivity contribution in [2.75, 3.05) is 19.6 Å². The van der Waals surface area contributed by atoms with E-state index < -0.39 is 0 Å². The molecule has 1 amide bonds. The first kappa shape index (κ1) is 24.1. The molecule has 0 radical (unpaired) electrons. The van der Waals surface area contributed by atoms with Crippen LogP contribution in [0.1, 0.15) is 25.7 Å². The van der Waals surface area contributed by atoms with Gasteiger partial charge in [-0.25, -0.2) is 4.98 Å². The number of amides is 1. The summed E-state index contributed by atoms with van der Waals surface area (Å²) in [5.41, 5.74) is 6.56. The molecule has 1 fully saturated rings. The molecule has 1 aliphatic heterocycles. The molecule has 1 aliphatic rings. The molecule has 2 N–H and O–H groups in total. The molecule has 2 heterocycles. The number of nitrogens with zero attached hydrogens (tertiary/aromatic N) is 2. The third kappa shape index (κ3) is 5.75. The summed E-state index contributed by atoms with van der Waals surface area (Å²) in [7, 11) is 0. The molecular formula is C18H23Cl4N3O2. The van der Waals surface area contributed by atoms with E-state index >= 15 is 0 Å². The molecule has 0 bridgehead atoms. The number of hydrogen-bond acceptors (Lipinski definition) is 4. The van der Waals surface area contributed by atoms with Crippen molar-refractivity contribution < 1.29 is 9.21 Å². The highest BCUT2D eigenvalue weighted by atomic mass is 35.5. The molecule has 27 heavy (non-hydrogen) atoms. The monoisotopic (exact) mass is 453 g/mol. The Bertz CT molecular complexity index is 784. The standard InChI is InChI=1S/C18H21Cl2N3O2.2ClH/c1-18(10-21)6-7-23(11-18)17(24)5-4-16-22-9-15(25-16)13-3-2-12(19)8-14(13)20;;/h2-3,8-9H,4-7,10-11,21H2,1H3;2*1H. The van der Waals surface area contributed by atoms with Crippen LogP contribution in [-0.2, 0) is 11.2 Å². The molecule has 0 saturated carbocycles. The lowest BCUT2D eigenvalue weighted by atomic mass is 9.90. The average molecular weight is 455 g/mol. The van der Waals surface area contributed by atoms with Crippen LogP contribution in [0.5, 0.6) is 0 Å². The van der Waals surface area contributed by atoms with Crippen LogP contribution in [-0.4, -0.2) is 35.4 Å². The molecule has 0 spiro atoms. The van der Waals surface area contributed by atoms with E-state index in [1.807, 2.05) is 4.90 Å². The summed E-state index contributed by atoms with van der Waals surface area (Å²) >= 11 is 12.1. The Morgan fingerprint density at radius 2 is 2.11 bits per heavy atom. The van der Waals surface area contributed by atoms with Gasteiger partial charge < -0.3 is 15.1 Å². The van der Waals surface area contributed by atoms with Gasteiger partial charge in [0.05, 0.1) is 11.2 Å². The lowest BCUT2D eigenvalue weighted by molar-refractivity contribution is -0.130. The minimum atomic E-state index is 0. The van der Waals surface area contributed by atoms with Crippen LogP contribution in [0.15, 0.2) is 28.8 Å². The molecule has 2 aromatic rings. The van der Waals surface area contributed by atoms with Gasteiger partial charge in [0.1, 0.15) is 0 Å². The molecular weight excluding hydrogens is 432 g/mol. The molecule has 1 unspecified atom stereocenters. The summed E-state index contributed by atoms with van der Waals surface area (Å²) in [5.74, 6) is 1.21. The number of benzene rings is 1. The number of hydrogen-bond donors (Lipinski definition) is 1. The highest BCUT2D eigenvalue weighted by Crippen LogP contribution is 2.31. The van der Waals surface area contributed by atoms with Crippen LogP contribution in [0.2, 0.25) is 10.0 Å². The van der Waals surface area contributed by atoms with Crippen molar-refractivity contribution in [1.29, 1.82) is 0 Å². The van der Waals surface area contributed by atoms with E-state index in [1.54, 1.807) is 24.4 Å². The maximum absolute atomic E-state index is 12.4. The first-order valence-electron chi connectivity index (χ1n) is 8.28. The average Bonchev–Trinajstić information content (AvgIpc) is 3.20. The Hall–Kier alpha value is -0.980. The molecule has 1 saturated heterocycles. The summed E-state index contributed by atoms with van der Waals surface area (Å²) in [5, 5.41) is 1.07. The fourth-order valence-corrected chi connectivity index (χ4v) is 3.52. The van der Waals surface area contributed by atoms with Gasteiger partial charge in [0.2, 0.25) is 5.91 Å². The van der Waals surface area contributed by atoms with Crippen molar-refractivity contribution in [3.63, 3.8) is 0 Å². The van der Waals surface area contributed by atoms with Crippen molar-refractivity contribution in [2.45, 2.75) is 26.2 Å². The van der Waals surface area contributed by atoms with Crippen LogP contribution < -0.4 is 5.73 Å². The van der Waals surface area contributed by atoms with E-state index in [9.17, 15) is 4.79 Å². The van der Waals surface area contributed by atoms with Crippen molar-refractivity contribution in [1.82, 2.24) is 9.88 Å². The van der Waals surface area contributed by atoms with Crippen LogP contribution in [0, 0.1) is 5.41 Å². The summed E-state index contributed by atoms with van der Waals surface area (Å²) in [6.07, 6.45) is 3.40. The highest BCUT2D eigenvalue weighted by molar-refractivity contribution is 6.36. The van der Waals surface area contributed by atoms with E-state index in [0.29, 0.717) is 41.1 Å². The lowest BCUT2D eigenvalue weighted by Crippen LogP contribution is -2.34. The molecule has 150 valence electrons. The molecule has 3 rings (SSSR count). The van der Waals surface area contributed by atoms with E-state index in [2.05, 4.69) is 11.9 Å². The van der Waals surface area contributed by atoms with Gasteiger partial charge in [0, 0.05) is 36.5 Å². The second kappa shape index (κ2) is 9.99. The van der Waals surface area contributed by atoms with Gasteiger partial charge in [-0.05, 0) is 36.6 Å². The van der Waals surface area contributed by atoms with Gasteiger partial charge in [0.25, 0.3) is 0 Å². The zero-order valence-electron chi connectivity index (χ0n) is 14.9. The van der Waals surface area contributed by atoms with Gasteiger partial charge in [-0.2, -0.15) is 0 Å². The highest BCUT2D eigenvalue weighted by Gasteiger charge is 2.34. The van der Waals surface area contributed by atoms with Crippen molar-refractivity contribution >= 4 is 53.9 Å². The SMILES string of the molecule is CC1(CN)CCN(C(=O)CCc2ncc(-c3ccc(Cl)cc3Cl)o2)C1.Cl.Cl. The summed E-state index contributed by atoms with van der Waals surface area (Å²) < 4.78 is 5.74. The summed E-state index contributed by atoms with van der Waals surface area (Å²) in [4.78, 5) is 18.5. The molecule has 1 atom stereocenters. The zero-order chi connectivity index (χ0) is 18.0. The normalized spacial score (nSPS) is 18.7. The van der Waals surface area contributed by atoms with Gasteiger partial charge in [-0.15, -0.1) is 24.8 Å². The molecule has 1 aromatic carbocycles. The number of carbonyl (C=O) groups is 1. The molecule has 1 aromatic heterocycles. The smallest absolute Gasteiger partial charge is 0.223 e. The van der Waals surface area contributed by atoms with Crippen LogP contribution >= 0.6 is 48.0 Å².